The number of aromatic carboxylic acids is 1. The Morgan fingerprint density at radius 2 is 1.91 bits per heavy atom. The number of aryl methyl sites for hydroxylation is 1. The third-order valence-electron chi connectivity index (χ3n) is 4.65. The van der Waals surface area contributed by atoms with Gasteiger partial charge in [-0.25, -0.2) is 4.79 Å². The van der Waals surface area contributed by atoms with Crippen LogP contribution in [-0.4, -0.2) is 29.3 Å². The standard InChI is InChI=1S/C23H21N3O6/c1-15-5-3-4-6-18(15)14-32-22-20(26(29)30)11-16(12-21(22)31-2)13-24-25-19-9-7-17(8-10-19)23(27)28/h3-13,25H,14H2,1-2H3,(H,27,28). The second kappa shape index (κ2) is 10.1. The van der Waals surface area contributed by atoms with Crippen molar-refractivity contribution in [2.75, 3.05) is 12.5 Å². The van der Waals surface area contributed by atoms with Crippen molar-refractivity contribution in [3.63, 3.8) is 0 Å². The van der Waals surface area contributed by atoms with Crippen LogP contribution in [0.2, 0.25) is 0 Å². The van der Waals surface area contributed by atoms with Gasteiger partial charge in [0.05, 0.1) is 29.5 Å². The van der Waals surface area contributed by atoms with Gasteiger partial charge in [0.1, 0.15) is 6.61 Å². The molecule has 164 valence electrons. The predicted octanol–water partition coefficient (Wildman–Crippen LogP) is 4.64. The molecule has 32 heavy (non-hydrogen) atoms. The fraction of sp³-hybridized carbons (Fsp3) is 0.130. The lowest BCUT2D eigenvalue weighted by atomic mass is 10.1. The van der Waals surface area contributed by atoms with E-state index in [0.29, 0.717) is 11.3 Å². The molecule has 2 N–H and O–H groups in total. The molecule has 0 unspecified atom stereocenters. The number of carbonyl (C=O) groups is 1. The first-order chi connectivity index (χ1) is 15.4. The molecule has 3 aromatic rings. The van der Waals surface area contributed by atoms with Crippen LogP contribution in [0, 0.1) is 17.0 Å². The second-order valence-corrected chi connectivity index (χ2v) is 6.80. The fourth-order valence-electron chi connectivity index (χ4n) is 2.91. The van der Waals surface area contributed by atoms with E-state index in [4.69, 9.17) is 14.6 Å². The molecule has 9 heteroatoms. The summed E-state index contributed by atoms with van der Waals surface area (Å²) in [7, 11) is 1.41. The summed E-state index contributed by atoms with van der Waals surface area (Å²) in [6, 6.07) is 16.5. The molecule has 0 spiro atoms. The summed E-state index contributed by atoms with van der Waals surface area (Å²) in [6.07, 6.45) is 1.39. The van der Waals surface area contributed by atoms with Gasteiger partial charge in [-0.3, -0.25) is 15.5 Å². The van der Waals surface area contributed by atoms with Gasteiger partial charge in [0.15, 0.2) is 5.75 Å². The number of carboxylic acid groups (broad SMARTS) is 1. The zero-order valence-electron chi connectivity index (χ0n) is 17.4. The number of ether oxygens (including phenoxy) is 2. The van der Waals surface area contributed by atoms with Crippen molar-refractivity contribution in [2.24, 2.45) is 5.10 Å². The lowest BCUT2D eigenvalue weighted by Gasteiger charge is -2.13. The molecular formula is C23H21N3O6. The van der Waals surface area contributed by atoms with Crippen molar-refractivity contribution in [3.8, 4) is 11.5 Å². The number of nitrogens with zero attached hydrogens (tertiary/aromatic N) is 2. The molecule has 0 aliphatic rings. The van der Waals surface area contributed by atoms with Crippen molar-refractivity contribution in [1.29, 1.82) is 0 Å². The Labute approximate surface area is 184 Å². The van der Waals surface area contributed by atoms with Crippen LogP contribution >= 0.6 is 0 Å². The summed E-state index contributed by atoms with van der Waals surface area (Å²) in [5.41, 5.74) is 5.56. The molecule has 3 rings (SSSR count). The number of hydrazone groups is 1. The molecule has 0 radical (unpaired) electrons. The van der Waals surface area contributed by atoms with Crippen molar-refractivity contribution in [1.82, 2.24) is 0 Å². The van der Waals surface area contributed by atoms with Crippen LogP contribution in [0.25, 0.3) is 0 Å². The van der Waals surface area contributed by atoms with Crippen LogP contribution in [0.5, 0.6) is 11.5 Å². The molecule has 0 bridgehead atoms. The number of nitrogens with one attached hydrogen (secondary N) is 1. The van der Waals surface area contributed by atoms with Gasteiger partial charge < -0.3 is 14.6 Å². The first-order valence-corrected chi connectivity index (χ1v) is 9.55. The first kappa shape index (κ1) is 22.3. The summed E-state index contributed by atoms with van der Waals surface area (Å²) in [6.45, 7) is 2.09. The van der Waals surface area contributed by atoms with E-state index in [9.17, 15) is 14.9 Å². The molecule has 0 heterocycles. The summed E-state index contributed by atoms with van der Waals surface area (Å²) in [5, 5.41) is 24.7. The zero-order valence-corrected chi connectivity index (χ0v) is 17.4. The lowest BCUT2D eigenvalue weighted by molar-refractivity contribution is -0.386. The van der Waals surface area contributed by atoms with E-state index in [1.54, 1.807) is 18.2 Å². The maximum atomic E-state index is 11.7. The Balaban J connectivity index is 1.80. The maximum absolute atomic E-state index is 11.7. The summed E-state index contributed by atoms with van der Waals surface area (Å²) >= 11 is 0. The van der Waals surface area contributed by atoms with E-state index in [1.807, 2.05) is 31.2 Å². The molecule has 0 fully saturated rings. The van der Waals surface area contributed by atoms with E-state index in [1.165, 1.54) is 31.5 Å². The largest absolute Gasteiger partial charge is 0.493 e. The van der Waals surface area contributed by atoms with Gasteiger partial charge in [-0.05, 0) is 48.4 Å². The number of rotatable bonds is 9. The average Bonchev–Trinajstić information content (AvgIpc) is 2.78. The van der Waals surface area contributed by atoms with Crippen molar-refractivity contribution >= 4 is 23.6 Å². The Morgan fingerprint density at radius 3 is 2.53 bits per heavy atom. The SMILES string of the molecule is COc1cc(C=NNc2ccc(C(=O)O)cc2)cc([N+](=O)[O-])c1OCc1ccccc1C. The van der Waals surface area contributed by atoms with Gasteiger partial charge >= 0.3 is 11.7 Å². The topological polar surface area (TPSA) is 123 Å². The molecule has 3 aromatic carbocycles. The van der Waals surface area contributed by atoms with Crippen LogP contribution in [0.4, 0.5) is 11.4 Å². The van der Waals surface area contributed by atoms with E-state index in [-0.39, 0.29) is 29.4 Å². The van der Waals surface area contributed by atoms with E-state index < -0.39 is 10.9 Å². The number of nitro benzene ring substituents is 1. The zero-order chi connectivity index (χ0) is 23.1. The molecule has 0 aliphatic heterocycles. The van der Waals surface area contributed by atoms with Gasteiger partial charge in [-0.2, -0.15) is 5.10 Å². The molecule has 0 aliphatic carbocycles. The first-order valence-electron chi connectivity index (χ1n) is 9.55. The minimum absolute atomic E-state index is 0.0371. The number of hydrogen-bond donors (Lipinski definition) is 2. The van der Waals surface area contributed by atoms with Gasteiger partial charge in [0, 0.05) is 11.6 Å². The predicted molar refractivity (Wildman–Crippen MR) is 120 cm³/mol. The highest BCUT2D eigenvalue weighted by molar-refractivity contribution is 5.88. The minimum atomic E-state index is -1.02. The monoisotopic (exact) mass is 435 g/mol. The number of hydrogen-bond acceptors (Lipinski definition) is 7. The fourth-order valence-corrected chi connectivity index (χ4v) is 2.91. The molecular weight excluding hydrogens is 414 g/mol. The van der Waals surface area contributed by atoms with Gasteiger partial charge in [-0.1, -0.05) is 24.3 Å². The van der Waals surface area contributed by atoms with Crippen LogP contribution in [0.1, 0.15) is 27.0 Å². The second-order valence-electron chi connectivity index (χ2n) is 6.80. The molecule has 0 aromatic heterocycles. The van der Waals surface area contributed by atoms with Crippen LogP contribution in [0.3, 0.4) is 0 Å². The Morgan fingerprint density at radius 1 is 1.19 bits per heavy atom. The van der Waals surface area contributed by atoms with Crippen molar-refractivity contribution in [3.05, 3.63) is 93.0 Å². The molecule has 9 nitrogen and oxygen atoms in total. The van der Waals surface area contributed by atoms with E-state index in [2.05, 4.69) is 10.5 Å². The molecule has 0 amide bonds. The summed E-state index contributed by atoms with van der Waals surface area (Å²) < 4.78 is 11.1. The number of carboxylic acids is 1. The highest BCUT2D eigenvalue weighted by Gasteiger charge is 2.22. The number of nitro groups is 1. The lowest BCUT2D eigenvalue weighted by Crippen LogP contribution is -2.04. The molecule has 0 atom stereocenters. The van der Waals surface area contributed by atoms with Crippen LogP contribution in [-0.2, 0) is 6.61 Å². The van der Waals surface area contributed by atoms with E-state index in [0.717, 1.165) is 11.1 Å². The quantitative estimate of drug-likeness (QED) is 0.285. The summed E-state index contributed by atoms with van der Waals surface area (Å²) in [4.78, 5) is 22.0. The van der Waals surface area contributed by atoms with Gasteiger partial charge in [0.2, 0.25) is 5.75 Å². The van der Waals surface area contributed by atoms with Crippen LogP contribution < -0.4 is 14.9 Å². The third-order valence-corrected chi connectivity index (χ3v) is 4.65. The Hall–Kier alpha value is -4.40. The van der Waals surface area contributed by atoms with Crippen molar-refractivity contribution in [2.45, 2.75) is 13.5 Å². The van der Waals surface area contributed by atoms with Crippen molar-refractivity contribution < 1.29 is 24.3 Å². The minimum Gasteiger partial charge on any atom is -0.493 e. The Bertz CT molecular complexity index is 1160. The number of anilines is 1. The number of methoxy groups -OCH3 is 1. The maximum Gasteiger partial charge on any atom is 0.335 e. The van der Waals surface area contributed by atoms with Crippen LogP contribution in [0.15, 0.2) is 65.8 Å². The highest BCUT2D eigenvalue weighted by atomic mass is 16.6. The molecule has 0 saturated heterocycles. The van der Waals surface area contributed by atoms with Gasteiger partial charge in [-0.15, -0.1) is 0 Å². The molecule has 0 saturated carbocycles. The Kier molecular flexibility index (Phi) is 7.02. The number of benzene rings is 3. The third kappa shape index (κ3) is 5.39. The normalized spacial score (nSPS) is 10.7. The summed E-state index contributed by atoms with van der Waals surface area (Å²) in [5.74, 6) is -0.778. The average molecular weight is 435 g/mol. The smallest absolute Gasteiger partial charge is 0.335 e. The van der Waals surface area contributed by atoms with Gasteiger partial charge in [0.25, 0.3) is 0 Å². The van der Waals surface area contributed by atoms with E-state index >= 15 is 0 Å². The highest BCUT2D eigenvalue weighted by Crippen LogP contribution is 2.38.